The van der Waals surface area contributed by atoms with Gasteiger partial charge in [0.1, 0.15) is 5.75 Å². The van der Waals surface area contributed by atoms with Gasteiger partial charge < -0.3 is 10.8 Å². The minimum absolute atomic E-state index is 0.204. The van der Waals surface area contributed by atoms with Gasteiger partial charge in [-0.05, 0) is 60.8 Å². The quantitative estimate of drug-likeness (QED) is 0.709. The molecule has 3 aliphatic rings. The lowest BCUT2D eigenvalue weighted by Crippen LogP contribution is -2.44. The summed E-state index contributed by atoms with van der Waals surface area (Å²) in [4.78, 5) is 0. The molecular formula is C18H23NO. The summed E-state index contributed by atoms with van der Waals surface area (Å²) < 4.78 is 0. The third-order valence-electron chi connectivity index (χ3n) is 6.26. The van der Waals surface area contributed by atoms with Crippen molar-refractivity contribution in [2.24, 2.45) is 23.0 Å². The number of aromatic hydroxyl groups is 1. The molecule has 20 heavy (non-hydrogen) atoms. The summed E-state index contributed by atoms with van der Waals surface area (Å²) in [6, 6.07) is 6.24. The molecule has 1 fully saturated rings. The van der Waals surface area contributed by atoms with Crippen LogP contribution in [0.5, 0.6) is 5.75 Å². The summed E-state index contributed by atoms with van der Waals surface area (Å²) in [5, 5.41) is 9.68. The predicted molar refractivity (Wildman–Crippen MR) is 80.6 cm³/mol. The number of hydrogen-bond donors (Lipinski definition) is 2. The fraction of sp³-hybridized carbons (Fsp3) is 0.556. The van der Waals surface area contributed by atoms with Gasteiger partial charge in [-0.1, -0.05) is 25.1 Å². The average molecular weight is 269 g/mol. The molecule has 0 amide bonds. The van der Waals surface area contributed by atoms with Crippen molar-refractivity contribution in [1.82, 2.24) is 0 Å². The second kappa shape index (κ2) is 4.11. The van der Waals surface area contributed by atoms with E-state index in [0.29, 0.717) is 17.7 Å². The molecule has 1 aromatic carbocycles. The standard InChI is InChI=1S/C18H23NO/c1-18-9-8-14-13-5-3-12(20)10-11(13)2-4-15(14)16(18)6-7-17(18)19/h3,5,8-10,14-17,20H,2,4,6-7,19H2,1H3/t14-,15-,16+,17+,18+/m1/s1. The molecule has 3 N–H and O–H groups in total. The van der Waals surface area contributed by atoms with Gasteiger partial charge in [-0.3, -0.25) is 0 Å². The topological polar surface area (TPSA) is 46.2 Å². The Hall–Kier alpha value is -1.28. The lowest BCUT2D eigenvalue weighted by Gasteiger charge is -2.46. The van der Waals surface area contributed by atoms with Crippen LogP contribution in [0.3, 0.4) is 0 Å². The van der Waals surface area contributed by atoms with Crippen molar-refractivity contribution in [3.8, 4) is 5.75 Å². The Kier molecular flexibility index (Phi) is 2.56. The summed E-state index contributed by atoms with van der Waals surface area (Å²) in [5.74, 6) is 2.39. The van der Waals surface area contributed by atoms with E-state index in [1.165, 1.54) is 24.0 Å². The average Bonchev–Trinajstić information content (AvgIpc) is 2.74. The molecule has 5 atom stereocenters. The number of benzene rings is 1. The van der Waals surface area contributed by atoms with Gasteiger partial charge in [0.2, 0.25) is 0 Å². The smallest absolute Gasteiger partial charge is 0.115 e. The normalized spacial score (nSPS) is 41.9. The zero-order valence-electron chi connectivity index (χ0n) is 12.0. The molecule has 0 aliphatic heterocycles. The van der Waals surface area contributed by atoms with E-state index >= 15 is 0 Å². The lowest BCUT2D eigenvalue weighted by atomic mass is 9.58. The first kappa shape index (κ1) is 12.5. The van der Waals surface area contributed by atoms with Gasteiger partial charge in [0, 0.05) is 17.4 Å². The zero-order chi connectivity index (χ0) is 13.9. The monoisotopic (exact) mass is 269 g/mol. The first-order valence-corrected chi connectivity index (χ1v) is 7.86. The highest BCUT2D eigenvalue weighted by Gasteiger charge is 2.51. The number of rotatable bonds is 0. The van der Waals surface area contributed by atoms with Crippen molar-refractivity contribution in [3.05, 3.63) is 41.5 Å². The minimum Gasteiger partial charge on any atom is -0.508 e. The van der Waals surface area contributed by atoms with Crippen LogP contribution in [0.15, 0.2) is 30.4 Å². The van der Waals surface area contributed by atoms with E-state index in [1.807, 2.05) is 12.1 Å². The summed E-state index contributed by atoms with van der Waals surface area (Å²) in [7, 11) is 0. The van der Waals surface area contributed by atoms with Crippen LogP contribution >= 0.6 is 0 Å². The summed E-state index contributed by atoms with van der Waals surface area (Å²) in [5.41, 5.74) is 9.34. The van der Waals surface area contributed by atoms with Crippen molar-refractivity contribution in [2.45, 2.75) is 44.6 Å². The van der Waals surface area contributed by atoms with Crippen LogP contribution in [0.25, 0.3) is 0 Å². The number of allylic oxidation sites excluding steroid dienone is 1. The Morgan fingerprint density at radius 2 is 2.10 bits per heavy atom. The van der Waals surface area contributed by atoms with Crippen LogP contribution in [-0.2, 0) is 6.42 Å². The summed E-state index contributed by atoms with van der Waals surface area (Å²) in [6.45, 7) is 2.36. The van der Waals surface area contributed by atoms with Crippen LogP contribution < -0.4 is 5.73 Å². The van der Waals surface area contributed by atoms with E-state index < -0.39 is 0 Å². The van der Waals surface area contributed by atoms with Crippen LogP contribution in [0.4, 0.5) is 0 Å². The van der Waals surface area contributed by atoms with E-state index in [4.69, 9.17) is 5.73 Å². The van der Waals surface area contributed by atoms with E-state index in [2.05, 4.69) is 25.1 Å². The number of fused-ring (bicyclic) bond motifs is 5. The molecule has 0 bridgehead atoms. The molecule has 0 unspecified atom stereocenters. The fourth-order valence-electron chi connectivity index (χ4n) is 5.05. The first-order valence-electron chi connectivity index (χ1n) is 7.86. The molecular weight excluding hydrogens is 246 g/mol. The highest BCUT2D eigenvalue weighted by molar-refractivity contribution is 5.43. The molecule has 0 aromatic heterocycles. The molecule has 2 nitrogen and oxygen atoms in total. The van der Waals surface area contributed by atoms with Crippen molar-refractivity contribution < 1.29 is 5.11 Å². The summed E-state index contributed by atoms with van der Waals surface area (Å²) in [6.07, 6.45) is 9.58. The van der Waals surface area contributed by atoms with Crippen LogP contribution in [0.1, 0.15) is 43.2 Å². The van der Waals surface area contributed by atoms with Gasteiger partial charge in [0.25, 0.3) is 0 Å². The van der Waals surface area contributed by atoms with E-state index in [1.54, 1.807) is 0 Å². The third kappa shape index (κ3) is 1.54. The van der Waals surface area contributed by atoms with Gasteiger partial charge >= 0.3 is 0 Å². The van der Waals surface area contributed by atoms with E-state index in [-0.39, 0.29) is 5.41 Å². The van der Waals surface area contributed by atoms with Crippen molar-refractivity contribution >= 4 is 0 Å². The van der Waals surface area contributed by atoms with Crippen molar-refractivity contribution in [1.29, 1.82) is 0 Å². The minimum atomic E-state index is 0.204. The number of nitrogens with two attached hydrogens (primary N) is 1. The predicted octanol–water partition coefficient (Wildman–Crippen LogP) is 3.35. The van der Waals surface area contributed by atoms with Gasteiger partial charge in [0.15, 0.2) is 0 Å². The Morgan fingerprint density at radius 1 is 1.25 bits per heavy atom. The third-order valence-corrected chi connectivity index (χ3v) is 6.26. The number of phenols is 1. The number of aryl methyl sites for hydroxylation is 1. The number of hydrogen-bond acceptors (Lipinski definition) is 2. The molecule has 2 heteroatoms. The van der Waals surface area contributed by atoms with Gasteiger partial charge in [0.05, 0.1) is 0 Å². The maximum atomic E-state index is 9.68. The molecule has 1 aromatic rings. The number of phenolic OH excluding ortho intramolecular Hbond substituents is 1. The molecule has 1 saturated carbocycles. The molecule has 106 valence electrons. The Morgan fingerprint density at radius 3 is 2.95 bits per heavy atom. The van der Waals surface area contributed by atoms with E-state index in [0.717, 1.165) is 24.7 Å². The largest absolute Gasteiger partial charge is 0.508 e. The van der Waals surface area contributed by atoms with Crippen molar-refractivity contribution in [2.75, 3.05) is 0 Å². The lowest BCUT2D eigenvalue weighted by molar-refractivity contribution is 0.149. The molecule has 0 radical (unpaired) electrons. The van der Waals surface area contributed by atoms with Crippen LogP contribution in [0.2, 0.25) is 0 Å². The van der Waals surface area contributed by atoms with Crippen LogP contribution in [-0.4, -0.2) is 11.1 Å². The van der Waals surface area contributed by atoms with Crippen LogP contribution in [0, 0.1) is 17.3 Å². The maximum Gasteiger partial charge on any atom is 0.115 e. The molecule has 0 heterocycles. The highest BCUT2D eigenvalue weighted by Crippen LogP contribution is 2.57. The highest BCUT2D eigenvalue weighted by atomic mass is 16.3. The van der Waals surface area contributed by atoms with Gasteiger partial charge in [-0.2, -0.15) is 0 Å². The second-order valence-electron chi connectivity index (χ2n) is 7.13. The molecule has 0 spiro atoms. The van der Waals surface area contributed by atoms with Gasteiger partial charge in [-0.15, -0.1) is 0 Å². The zero-order valence-corrected chi connectivity index (χ0v) is 12.0. The summed E-state index contributed by atoms with van der Waals surface area (Å²) >= 11 is 0. The molecule has 4 rings (SSSR count). The van der Waals surface area contributed by atoms with E-state index in [9.17, 15) is 5.11 Å². The van der Waals surface area contributed by atoms with Gasteiger partial charge in [-0.25, -0.2) is 0 Å². The Labute approximate surface area is 120 Å². The Balaban J connectivity index is 1.78. The second-order valence-corrected chi connectivity index (χ2v) is 7.13. The maximum absolute atomic E-state index is 9.68. The van der Waals surface area contributed by atoms with Crippen molar-refractivity contribution in [3.63, 3.8) is 0 Å². The molecule has 3 aliphatic carbocycles. The molecule has 0 saturated heterocycles. The Bertz CT molecular complexity index is 579. The SMILES string of the molecule is C[C@]12C=C[C@@H]3c4ccc(O)cc4CC[C@H]3[C@@H]1CC[C@@H]2N. The first-order chi connectivity index (χ1) is 9.59. The fourth-order valence-corrected chi connectivity index (χ4v) is 5.05.